The molecule has 1 aliphatic rings. The number of rotatable bonds is 1. The number of nitrogens with zero attached hydrogens (tertiary/aromatic N) is 3. The highest BCUT2D eigenvalue weighted by Gasteiger charge is 2.37. The number of β-amino-alcohol motifs (C(OH)–C–C–N with tert-alkyl or cyclic N) is 1. The normalized spacial score (nSPS) is 24.7. The third-order valence-electron chi connectivity index (χ3n) is 2.71. The Morgan fingerprint density at radius 1 is 1.44 bits per heavy atom. The molecule has 0 aliphatic carbocycles. The van der Waals surface area contributed by atoms with E-state index in [4.69, 9.17) is 11.6 Å². The molecule has 1 N–H and O–H groups in total. The van der Waals surface area contributed by atoms with Crippen molar-refractivity contribution >= 4 is 17.4 Å². The fraction of sp³-hybridized carbons (Fsp3) is 0.600. The number of halogens is 4. The van der Waals surface area contributed by atoms with Crippen LogP contribution in [0.2, 0.25) is 5.15 Å². The minimum Gasteiger partial charge on any atom is -0.388 e. The molecule has 2 rings (SSSR count). The first kappa shape index (κ1) is 13.4. The van der Waals surface area contributed by atoms with Crippen LogP contribution in [0.4, 0.5) is 19.0 Å². The highest BCUT2D eigenvalue weighted by Crippen LogP contribution is 2.31. The van der Waals surface area contributed by atoms with Crippen LogP contribution in [0.25, 0.3) is 0 Å². The molecule has 1 atom stereocenters. The molecule has 1 aromatic rings. The molecular weight excluding hydrogens is 271 g/mol. The maximum Gasteiger partial charge on any atom is 0.451 e. The van der Waals surface area contributed by atoms with Gasteiger partial charge >= 0.3 is 6.18 Å². The molecule has 0 spiro atoms. The Morgan fingerprint density at radius 2 is 2.11 bits per heavy atom. The van der Waals surface area contributed by atoms with Gasteiger partial charge in [0.15, 0.2) is 0 Å². The van der Waals surface area contributed by atoms with Gasteiger partial charge in [0, 0.05) is 19.2 Å². The number of alkyl halides is 3. The second kappa shape index (κ2) is 4.24. The van der Waals surface area contributed by atoms with Crippen molar-refractivity contribution < 1.29 is 18.3 Å². The first-order chi connectivity index (χ1) is 8.17. The van der Waals surface area contributed by atoms with Crippen LogP contribution in [-0.2, 0) is 6.18 Å². The molecule has 0 bridgehead atoms. The molecule has 1 aliphatic heterocycles. The zero-order valence-corrected chi connectivity index (χ0v) is 10.3. The van der Waals surface area contributed by atoms with Crippen LogP contribution in [-0.4, -0.2) is 33.8 Å². The van der Waals surface area contributed by atoms with Crippen molar-refractivity contribution in [1.29, 1.82) is 0 Å². The van der Waals surface area contributed by atoms with Crippen LogP contribution < -0.4 is 4.90 Å². The predicted octanol–water partition coefficient (Wildman–Crippen LogP) is 2.11. The molecule has 0 aromatic carbocycles. The SMILES string of the molecule is CC1(O)CCN(c2cc(Cl)nc(C(F)(F)F)n2)C1. The van der Waals surface area contributed by atoms with E-state index >= 15 is 0 Å². The van der Waals surface area contributed by atoms with Crippen molar-refractivity contribution in [2.75, 3.05) is 18.0 Å². The Morgan fingerprint density at radius 3 is 2.61 bits per heavy atom. The third-order valence-corrected chi connectivity index (χ3v) is 2.90. The van der Waals surface area contributed by atoms with Gasteiger partial charge in [-0.15, -0.1) is 0 Å². The van der Waals surface area contributed by atoms with E-state index in [2.05, 4.69) is 9.97 Å². The van der Waals surface area contributed by atoms with Crippen molar-refractivity contribution in [3.8, 4) is 0 Å². The monoisotopic (exact) mass is 281 g/mol. The average Bonchev–Trinajstić information content (AvgIpc) is 2.56. The van der Waals surface area contributed by atoms with Gasteiger partial charge in [0.25, 0.3) is 0 Å². The van der Waals surface area contributed by atoms with Gasteiger partial charge in [-0.1, -0.05) is 11.6 Å². The van der Waals surface area contributed by atoms with Crippen molar-refractivity contribution in [2.45, 2.75) is 25.1 Å². The van der Waals surface area contributed by atoms with Gasteiger partial charge in [0.1, 0.15) is 11.0 Å². The summed E-state index contributed by atoms with van der Waals surface area (Å²) in [7, 11) is 0. The molecule has 4 nitrogen and oxygen atoms in total. The topological polar surface area (TPSA) is 49.2 Å². The fourth-order valence-corrected chi connectivity index (χ4v) is 2.01. The van der Waals surface area contributed by atoms with Crippen LogP contribution >= 0.6 is 11.6 Å². The zero-order chi connectivity index (χ0) is 13.6. The van der Waals surface area contributed by atoms with Crippen molar-refractivity contribution in [3.05, 3.63) is 17.0 Å². The van der Waals surface area contributed by atoms with Gasteiger partial charge in [0.05, 0.1) is 5.60 Å². The number of aromatic nitrogens is 2. The lowest BCUT2D eigenvalue weighted by Crippen LogP contribution is -2.30. The molecule has 0 radical (unpaired) electrons. The Labute approximate surface area is 106 Å². The minimum atomic E-state index is -4.64. The minimum absolute atomic E-state index is 0.0834. The number of hydrogen-bond acceptors (Lipinski definition) is 4. The van der Waals surface area contributed by atoms with Gasteiger partial charge in [-0.2, -0.15) is 13.2 Å². The molecule has 0 amide bonds. The van der Waals surface area contributed by atoms with E-state index in [0.717, 1.165) is 0 Å². The Hall–Kier alpha value is -1.08. The standard InChI is InChI=1S/C10H11ClF3N3O/c1-9(18)2-3-17(5-9)7-4-6(11)15-8(16-7)10(12,13)14/h4,18H,2-3,5H2,1H3. The van der Waals surface area contributed by atoms with E-state index in [0.29, 0.717) is 13.0 Å². The molecular formula is C10H11ClF3N3O. The van der Waals surface area contributed by atoms with Crippen LogP contribution in [0.3, 0.4) is 0 Å². The largest absolute Gasteiger partial charge is 0.451 e. The van der Waals surface area contributed by atoms with E-state index in [-0.39, 0.29) is 17.5 Å². The Balaban J connectivity index is 2.32. The summed E-state index contributed by atoms with van der Waals surface area (Å²) in [6.07, 6.45) is -4.17. The zero-order valence-electron chi connectivity index (χ0n) is 9.50. The summed E-state index contributed by atoms with van der Waals surface area (Å²) in [6, 6.07) is 1.26. The van der Waals surface area contributed by atoms with Crippen LogP contribution in [0.1, 0.15) is 19.2 Å². The first-order valence-electron chi connectivity index (χ1n) is 5.26. The quantitative estimate of drug-likeness (QED) is 0.801. The lowest BCUT2D eigenvalue weighted by atomic mass is 10.1. The van der Waals surface area contributed by atoms with E-state index in [9.17, 15) is 18.3 Å². The summed E-state index contributed by atoms with van der Waals surface area (Å²) in [5, 5.41) is 9.52. The number of aliphatic hydroxyl groups is 1. The maximum absolute atomic E-state index is 12.5. The van der Waals surface area contributed by atoms with Crippen LogP contribution in [0.5, 0.6) is 0 Å². The van der Waals surface area contributed by atoms with Gasteiger partial charge < -0.3 is 10.0 Å². The molecule has 0 saturated carbocycles. The average molecular weight is 282 g/mol. The van der Waals surface area contributed by atoms with E-state index in [1.54, 1.807) is 11.8 Å². The number of hydrogen-bond donors (Lipinski definition) is 1. The Kier molecular flexibility index (Phi) is 3.14. The lowest BCUT2D eigenvalue weighted by molar-refractivity contribution is -0.144. The molecule has 18 heavy (non-hydrogen) atoms. The maximum atomic E-state index is 12.5. The molecule has 2 heterocycles. The van der Waals surface area contributed by atoms with Crippen LogP contribution in [0, 0.1) is 0 Å². The second-order valence-corrected chi connectivity index (χ2v) is 4.93. The summed E-state index contributed by atoms with van der Waals surface area (Å²) < 4.78 is 37.6. The van der Waals surface area contributed by atoms with E-state index in [1.807, 2.05) is 0 Å². The van der Waals surface area contributed by atoms with Crippen molar-refractivity contribution in [3.63, 3.8) is 0 Å². The smallest absolute Gasteiger partial charge is 0.388 e. The second-order valence-electron chi connectivity index (χ2n) is 4.54. The summed E-state index contributed by atoms with van der Waals surface area (Å²) in [5.74, 6) is -1.18. The van der Waals surface area contributed by atoms with Gasteiger partial charge in [-0.05, 0) is 13.3 Å². The van der Waals surface area contributed by atoms with Crippen molar-refractivity contribution in [2.24, 2.45) is 0 Å². The highest BCUT2D eigenvalue weighted by molar-refractivity contribution is 6.29. The van der Waals surface area contributed by atoms with Crippen molar-refractivity contribution in [1.82, 2.24) is 9.97 Å². The van der Waals surface area contributed by atoms with Gasteiger partial charge in [0.2, 0.25) is 5.82 Å². The summed E-state index contributed by atoms with van der Waals surface area (Å²) in [6.45, 7) is 2.27. The van der Waals surface area contributed by atoms with E-state index < -0.39 is 17.6 Å². The molecule has 1 fully saturated rings. The Bertz CT molecular complexity index is 464. The summed E-state index contributed by atoms with van der Waals surface area (Å²) >= 11 is 5.57. The lowest BCUT2D eigenvalue weighted by Gasteiger charge is -2.20. The predicted molar refractivity (Wildman–Crippen MR) is 59.5 cm³/mol. The fourth-order valence-electron chi connectivity index (χ4n) is 1.84. The molecule has 8 heteroatoms. The molecule has 100 valence electrons. The highest BCUT2D eigenvalue weighted by atomic mass is 35.5. The number of anilines is 1. The first-order valence-corrected chi connectivity index (χ1v) is 5.64. The van der Waals surface area contributed by atoms with E-state index in [1.165, 1.54) is 6.07 Å². The molecule has 1 aromatic heterocycles. The summed E-state index contributed by atoms with van der Waals surface area (Å²) in [4.78, 5) is 8.16. The molecule has 1 unspecified atom stereocenters. The summed E-state index contributed by atoms with van der Waals surface area (Å²) in [5.41, 5.74) is -0.921. The van der Waals surface area contributed by atoms with Crippen LogP contribution in [0.15, 0.2) is 6.07 Å². The van der Waals surface area contributed by atoms with Gasteiger partial charge in [-0.3, -0.25) is 0 Å². The third kappa shape index (κ3) is 2.84. The molecule has 1 saturated heterocycles. The van der Waals surface area contributed by atoms with Gasteiger partial charge in [-0.25, -0.2) is 9.97 Å².